The molecular weight excluding hydrogens is 414 g/mol. The predicted molar refractivity (Wildman–Crippen MR) is 121 cm³/mol. The maximum Gasteiger partial charge on any atom is 0.258 e. The maximum absolute atomic E-state index is 13.0. The molecule has 2 aromatic heterocycles. The van der Waals surface area contributed by atoms with Crippen molar-refractivity contribution in [3.05, 3.63) is 81.0 Å². The molecule has 1 aliphatic rings. The van der Waals surface area contributed by atoms with Gasteiger partial charge in [-0.3, -0.25) is 14.9 Å². The van der Waals surface area contributed by atoms with E-state index in [0.29, 0.717) is 36.6 Å². The van der Waals surface area contributed by atoms with Crippen molar-refractivity contribution < 1.29 is 9.59 Å². The van der Waals surface area contributed by atoms with Gasteiger partial charge in [-0.2, -0.15) is 11.3 Å². The Morgan fingerprint density at radius 3 is 2.83 bits per heavy atom. The topological polar surface area (TPSA) is 62.3 Å². The van der Waals surface area contributed by atoms with Crippen LogP contribution in [0.25, 0.3) is 10.8 Å². The first-order valence-corrected chi connectivity index (χ1v) is 11.5. The van der Waals surface area contributed by atoms with Gasteiger partial charge < -0.3 is 4.90 Å². The fourth-order valence-corrected chi connectivity index (χ4v) is 5.40. The molecule has 2 aromatic carbocycles. The monoisotopic (exact) mass is 433 g/mol. The molecule has 1 N–H and O–H groups in total. The van der Waals surface area contributed by atoms with E-state index in [1.165, 1.54) is 22.7 Å². The average Bonchev–Trinajstić information content (AvgIpc) is 3.43. The standard InChI is InChI=1S/C23H19N3O2S2/c27-21(12-16-6-3-5-15-4-1-2-7-18(15)16)26-10-8-19-20(13-26)30-23(24-19)25-22(28)17-9-11-29-14-17/h1-7,9,11,14H,8,10,12-13H2,(H,24,25,28). The van der Waals surface area contributed by atoms with Crippen LogP contribution in [0.3, 0.4) is 0 Å². The molecule has 0 saturated heterocycles. The van der Waals surface area contributed by atoms with Crippen molar-refractivity contribution in [1.82, 2.24) is 9.88 Å². The predicted octanol–water partition coefficient (Wildman–Crippen LogP) is 4.74. The van der Waals surface area contributed by atoms with Gasteiger partial charge in [0.25, 0.3) is 5.91 Å². The van der Waals surface area contributed by atoms with Crippen molar-refractivity contribution >= 4 is 50.4 Å². The van der Waals surface area contributed by atoms with Crippen molar-refractivity contribution in [2.24, 2.45) is 0 Å². The Balaban J connectivity index is 1.29. The summed E-state index contributed by atoms with van der Waals surface area (Å²) in [5.41, 5.74) is 2.67. The van der Waals surface area contributed by atoms with Crippen LogP contribution in [-0.4, -0.2) is 28.2 Å². The molecule has 0 radical (unpaired) electrons. The molecule has 0 atom stereocenters. The number of carbonyl (C=O) groups excluding carboxylic acids is 2. The number of hydrogen-bond donors (Lipinski definition) is 1. The summed E-state index contributed by atoms with van der Waals surface area (Å²) in [4.78, 5) is 32.8. The number of anilines is 1. The highest BCUT2D eigenvalue weighted by atomic mass is 32.1. The highest BCUT2D eigenvalue weighted by Gasteiger charge is 2.25. The molecule has 4 aromatic rings. The SMILES string of the molecule is O=C(Nc1nc2c(s1)CN(C(=O)Cc1cccc3ccccc13)CC2)c1ccsc1. The molecule has 0 spiro atoms. The summed E-state index contributed by atoms with van der Waals surface area (Å²) in [5, 5.41) is 9.44. The number of thiazole rings is 1. The van der Waals surface area contributed by atoms with Crippen molar-refractivity contribution in [3.8, 4) is 0 Å². The molecule has 3 heterocycles. The van der Waals surface area contributed by atoms with Crippen molar-refractivity contribution in [2.45, 2.75) is 19.4 Å². The molecule has 5 nitrogen and oxygen atoms in total. The summed E-state index contributed by atoms with van der Waals surface area (Å²) in [6.45, 7) is 1.20. The Morgan fingerprint density at radius 1 is 1.10 bits per heavy atom. The number of thiophene rings is 1. The van der Waals surface area contributed by atoms with Crippen LogP contribution in [0.4, 0.5) is 5.13 Å². The molecule has 150 valence electrons. The van der Waals surface area contributed by atoms with Gasteiger partial charge in [0, 0.05) is 23.2 Å². The second-order valence-electron chi connectivity index (χ2n) is 7.24. The lowest BCUT2D eigenvalue weighted by Crippen LogP contribution is -2.36. The number of nitrogens with one attached hydrogen (secondary N) is 1. The zero-order valence-corrected chi connectivity index (χ0v) is 17.8. The average molecular weight is 434 g/mol. The molecule has 2 amide bonds. The number of amides is 2. The van der Waals surface area contributed by atoms with E-state index in [1.54, 1.807) is 6.07 Å². The quantitative estimate of drug-likeness (QED) is 0.506. The number of carbonyl (C=O) groups is 2. The van der Waals surface area contributed by atoms with Crippen molar-refractivity contribution in [2.75, 3.05) is 11.9 Å². The number of hydrogen-bond acceptors (Lipinski definition) is 5. The molecule has 0 fully saturated rings. The van der Waals surface area contributed by atoms with Gasteiger partial charge in [-0.05, 0) is 27.8 Å². The maximum atomic E-state index is 13.0. The molecular formula is C23H19N3O2S2. The minimum absolute atomic E-state index is 0.120. The summed E-state index contributed by atoms with van der Waals surface area (Å²) in [6.07, 6.45) is 1.10. The van der Waals surface area contributed by atoms with E-state index in [-0.39, 0.29) is 11.8 Å². The van der Waals surface area contributed by atoms with Gasteiger partial charge in [-0.25, -0.2) is 4.98 Å². The lowest BCUT2D eigenvalue weighted by Gasteiger charge is -2.26. The number of rotatable bonds is 4. The summed E-state index contributed by atoms with van der Waals surface area (Å²) >= 11 is 2.95. The van der Waals surface area contributed by atoms with Crippen LogP contribution in [0.15, 0.2) is 59.3 Å². The zero-order valence-electron chi connectivity index (χ0n) is 16.1. The van der Waals surface area contributed by atoms with Crippen LogP contribution in [0.1, 0.15) is 26.5 Å². The number of aromatic nitrogens is 1. The van der Waals surface area contributed by atoms with Crippen LogP contribution in [0, 0.1) is 0 Å². The van der Waals surface area contributed by atoms with Crippen molar-refractivity contribution in [3.63, 3.8) is 0 Å². The normalized spacial score (nSPS) is 13.3. The van der Waals surface area contributed by atoms with Crippen LogP contribution in [0.5, 0.6) is 0 Å². The van der Waals surface area contributed by atoms with Gasteiger partial charge in [0.1, 0.15) is 0 Å². The van der Waals surface area contributed by atoms with Crippen LogP contribution < -0.4 is 5.32 Å². The molecule has 0 bridgehead atoms. The van der Waals surface area contributed by atoms with Gasteiger partial charge in [-0.1, -0.05) is 53.8 Å². The fraction of sp³-hybridized carbons (Fsp3) is 0.174. The van der Waals surface area contributed by atoms with Crippen LogP contribution >= 0.6 is 22.7 Å². The highest BCUT2D eigenvalue weighted by Crippen LogP contribution is 2.29. The summed E-state index contributed by atoms with van der Waals surface area (Å²) in [6, 6.07) is 16.1. The molecule has 0 aliphatic carbocycles. The first-order valence-electron chi connectivity index (χ1n) is 9.74. The molecule has 7 heteroatoms. The van der Waals surface area contributed by atoms with Gasteiger partial charge >= 0.3 is 0 Å². The lowest BCUT2D eigenvalue weighted by molar-refractivity contribution is -0.131. The van der Waals surface area contributed by atoms with E-state index in [9.17, 15) is 9.59 Å². The van der Waals surface area contributed by atoms with E-state index in [0.717, 1.165) is 26.9 Å². The largest absolute Gasteiger partial charge is 0.337 e. The number of nitrogens with zero attached hydrogens (tertiary/aromatic N) is 2. The number of fused-ring (bicyclic) bond motifs is 2. The third-order valence-electron chi connectivity index (χ3n) is 5.31. The highest BCUT2D eigenvalue weighted by molar-refractivity contribution is 7.16. The van der Waals surface area contributed by atoms with Gasteiger partial charge in [0.15, 0.2) is 5.13 Å². The number of benzene rings is 2. The molecule has 0 unspecified atom stereocenters. The van der Waals surface area contributed by atoms with Gasteiger partial charge in [-0.15, -0.1) is 0 Å². The molecule has 30 heavy (non-hydrogen) atoms. The van der Waals surface area contributed by atoms with Crippen LogP contribution in [-0.2, 0) is 24.2 Å². The van der Waals surface area contributed by atoms with E-state index in [4.69, 9.17) is 0 Å². The summed E-state index contributed by atoms with van der Waals surface area (Å²) in [5.74, 6) is -0.0273. The third-order valence-corrected chi connectivity index (χ3v) is 6.99. The Bertz CT molecular complexity index is 1230. The first-order chi connectivity index (χ1) is 14.7. The molecule has 5 rings (SSSR count). The van der Waals surface area contributed by atoms with Crippen LogP contribution in [0.2, 0.25) is 0 Å². The fourth-order valence-electron chi connectivity index (χ4n) is 3.75. The second-order valence-corrected chi connectivity index (χ2v) is 9.10. The Kier molecular flexibility index (Phi) is 5.06. The first kappa shape index (κ1) is 19.0. The Morgan fingerprint density at radius 2 is 1.97 bits per heavy atom. The minimum Gasteiger partial charge on any atom is -0.337 e. The minimum atomic E-state index is -0.147. The van der Waals surface area contributed by atoms with Gasteiger partial charge in [0.05, 0.1) is 24.2 Å². The van der Waals surface area contributed by atoms with E-state index < -0.39 is 0 Å². The third kappa shape index (κ3) is 3.74. The molecule has 0 saturated carbocycles. The smallest absolute Gasteiger partial charge is 0.258 e. The Hall–Kier alpha value is -3.03. The van der Waals surface area contributed by atoms with E-state index in [2.05, 4.69) is 28.5 Å². The molecule has 1 aliphatic heterocycles. The van der Waals surface area contributed by atoms with Gasteiger partial charge in [0.2, 0.25) is 5.91 Å². The zero-order chi connectivity index (χ0) is 20.5. The van der Waals surface area contributed by atoms with Crippen molar-refractivity contribution in [1.29, 1.82) is 0 Å². The Labute approximate surface area is 182 Å². The lowest BCUT2D eigenvalue weighted by atomic mass is 10.0. The summed E-state index contributed by atoms with van der Waals surface area (Å²) < 4.78 is 0. The summed E-state index contributed by atoms with van der Waals surface area (Å²) in [7, 11) is 0. The van der Waals surface area contributed by atoms with E-state index in [1.807, 2.05) is 39.9 Å². The van der Waals surface area contributed by atoms with E-state index >= 15 is 0 Å². The second kappa shape index (κ2) is 8.01.